The highest BCUT2D eigenvalue weighted by molar-refractivity contribution is 7.90. The molecule has 3 aromatic rings. The molecule has 0 unspecified atom stereocenters. The maximum atomic E-state index is 13.4. The Hall–Kier alpha value is -3.12. The first-order valence-electron chi connectivity index (χ1n) is 9.41. The third kappa shape index (κ3) is 3.51. The largest absolute Gasteiger partial charge is 0.339 e. The molecule has 6 heteroatoms. The lowest BCUT2D eigenvalue weighted by molar-refractivity contribution is 0.226. The van der Waals surface area contributed by atoms with Crippen molar-refractivity contribution in [3.05, 3.63) is 95.1 Å². The summed E-state index contributed by atoms with van der Waals surface area (Å²) in [5.74, 6) is 0. The van der Waals surface area contributed by atoms with E-state index in [0.29, 0.717) is 12.2 Å². The van der Waals surface area contributed by atoms with Crippen LogP contribution in [0.4, 0.5) is 10.5 Å². The summed E-state index contributed by atoms with van der Waals surface area (Å²) in [6.07, 6.45) is 0. The highest BCUT2D eigenvalue weighted by Gasteiger charge is 2.41. The number of fused-ring (bicyclic) bond motifs is 1. The summed E-state index contributed by atoms with van der Waals surface area (Å²) in [5.41, 5.74) is 4.33. The molecule has 0 aromatic heterocycles. The molecule has 0 atom stereocenters. The number of carbonyl (C=O) groups is 1. The number of hydrogen-bond acceptors (Lipinski definition) is 3. The summed E-state index contributed by atoms with van der Waals surface area (Å²) in [6.45, 7) is 4.30. The Labute approximate surface area is 171 Å². The highest BCUT2D eigenvalue weighted by Crippen LogP contribution is 2.36. The van der Waals surface area contributed by atoms with Crippen LogP contribution in [0.1, 0.15) is 22.3 Å². The van der Waals surface area contributed by atoms with Gasteiger partial charge in [0, 0.05) is 0 Å². The van der Waals surface area contributed by atoms with E-state index in [9.17, 15) is 13.2 Å². The number of amides is 2. The molecule has 5 nitrogen and oxygen atoms in total. The number of nitrogens with zero attached hydrogens (tertiary/aromatic N) is 2. The fraction of sp³-hybridized carbons (Fsp3) is 0.174. The second-order valence-electron chi connectivity index (χ2n) is 7.26. The molecule has 1 aliphatic heterocycles. The van der Waals surface area contributed by atoms with Gasteiger partial charge < -0.3 is 0 Å². The predicted molar refractivity (Wildman–Crippen MR) is 113 cm³/mol. The molecule has 4 rings (SSSR count). The number of hydrogen-bond donors (Lipinski definition) is 0. The van der Waals surface area contributed by atoms with Gasteiger partial charge in [-0.1, -0.05) is 66.2 Å². The van der Waals surface area contributed by atoms with Crippen LogP contribution in [0.15, 0.2) is 77.7 Å². The van der Waals surface area contributed by atoms with E-state index in [2.05, 4.69) is 0 Å². The number of anilines is 1. The van der Waals surface area contributed by atoms with E-state index < -0.39 is 16.1 Å². The Morgan fingerprint density at radius 1 is 0.828 bits per heavy atom. The van der Waals surface area contributed by atoms with Gasteiger partial charge in [-0.15, -0.1) is 0 Å². The van der Waals surface area contributed by atoms with Gasteiger partial charge in [-0.25, -0.2) is 17.5 Å². The first-order chi connectivity index (χ1) is 13.9. The molecular formula is C23H22N2O3S. The van der Waals surface area contributed by atoms with Crippen LogP contribution in [0.3, 0.4) is 0 Å². The first kappa shape index (κ1) is 19.2. The molecular weight excluding hydrogens is 384 g/mol. The number of carbonyl (C=O) groups excluding carboxylic acids is 1. The minimum atomic E-state index is -3.93. The van der Waals surface area contributed by atoms with Crippen LogP contribution in [0.25, 0.3) is 0 Å². The molecule has 0 saturated carbocycles. The van der Waals surface area contributed by atoms with E-state index in [4.69, 9.17) is 0 Å². The zero-order chi connectivity index (χ0) is 20.6. The van der Waals surface area contributed by atoms with Crippen molar-refractivity contribution < 1.29 is 13.2 Å². The van der Waals surface area contributed by atoms with E-state index >= 15 is 0 Å². The second-order valence-corrected chi connectivity index (χ2v) is 9.09. The Balaban J connectivity index is 1.80. The molecule has 29 heavy (non-hydrogen) atoms. The van der Waals surface area contributed by atoms with Gasteiger partial charge in [-0.3, -0.25) is 4.90 Å². The van der Waals surface area contributed by atoms with Crippen LogP contribution in [-0.2, 0) is 23.1 Å². The van der Waals surface area contributed by atoms with Gasteiger partial charge in [0.25, 0.3) is 10.0 Å². The van der Waals surface area contributed by atoms with Crippen LogP contribution in [0.5, 0.6) is 0 Å². The fourth-order valence-electron chi connectivity index (χ4n) is 3.55. The number of urea groups is 1. The van der Waals surface area contributed by atoms with E-state index in [1.807, 2.05) is 62.4 Å². The quantitative estimate of drug-likeness (QED) is 0.634. The molecule has 148 valence electrons. The topological polar surface area (TPSA) is 57.7 Å². The van der Waals surface area contributed by atoms with Gasteiger partial charge >= 0.3 is 6.03 Å². The summed E-state index contributed by atoms with van der Waals surface area (Å²) >= 11 is 0. The van der Waals surface area contributed by atoms with Crippen molar-refractivity contribution in [2.24, 2.45) is 0 Å². The Kier molecular flexibility index (Phi) is 4.88. The van der Waals surface area contributed by atoms with Crippen molar-refractivity contribution >= 4 is 21.7 Å². The molecule has 0 N–H and O–H groups in total. The zero-order valence-corrected chi connectivity index (χ0v) is 17.2. The van der Waals surface area contributed by atoms with Crippen LogP contribution in [-0.4, -0.2) is 18.8 Å². The number of aryl methyl sites for hydroxylation is 2. The SMILES string of the molecule is Cc1ccc(C)c(CN2C(=O)N(Cc3ccccc3)S(=O)(=O)c3ccccc32)c1. The second kappa shape index (κ2) is 7.37. The number of rotatable bonds is 4. The normalized spacial score (nSPS) is 15.3. The molecule has 0 fully saturated rings. The van der Waals surface area contributed by atoms with Gasteiger partial charge in [0.1, 0.15) is 4.90 Å². The monoisotopic (exact) mass is 406 g/mol. The van der Waals surface area contributed by atoms with E-state index in [1.54, 1.807) is 29.2 Å². The highest BCUT2D eigenvalue weighted by atomic mass is 32.2. The molecule has 0 spiro atoms. The lowest BCUT2D eigenvalue weighted by Crippen LogP contribution is -2.50. The minimum absolute atomic E-state index is 0.000357. The van der Waals surface area contributed by atoms with Gasteiger partial charge in [0.05, 0.1) is 18.8 Å². The zero-order valence-electron chi connectivity index (χ0n) is 16.4. The molecule has 3 aromatic carbocycles. The maximum absolute atomic E-state index is 13.4. The van der Waals surface area contributed by atoms with Gasteiger partial charge in [-0.2, -0.15) is 0 Å². The van der Waals surface area contributed by atoms with Crippen LogP contribution in [0, 0.1) is 13.8 Å². The molecule has 0 aliphatic carbocycles. The van der Waals surface area contributed by atoms with Crippen molar-refractivity contribution in [2.45, 2.75) is 31.8 Å². The predicted octanol–water partition coefficient (Wildman–Crippen LogP) is 4.63. The van der Waals surface area contributed by atoms with Crippen molar-refractivity contribution in [1.29, 1.82) is 0 Å². The van der Waals surface area contributed by atoms with E-state index in [-0.39, 0.29) is 11.4 Å². The maximum Gasteiger partial charge on any atom is 0.339 e. The molecule has 2 amide bonds. The smallest absolute Gasteiger partial charge is 0.288 e. The average molecular weight is 407 g/mol. The van der Waals surface area contributed by atoms with E-state index in [1.165, 1.54) is 0 Å². The third-order valence-electron chi connectivity index (χ3n) is 5.17. The molecule has 0 saturated heterocycles. The molecule has 1 heterocycles. The van der Waals surface area contributed by atoms with Gasteiger partial charge in [-0.05, 0) is 42.7 Å². The van der Waals surface area contributed by atoms with Crippen LogP contribution in [0.2, 0.25) is 0 Å². The van der Waals surface area contributed by atoms with Crippen molar-refractivity contribution in [3.63, 3.8) is 0 Å². The lowest BCUT2D eigenvalue weighted by Gasteiger charge is -2.36. The molecule has 0 radical (unpaired) electrons. The number of sulfonamides is 1. The summed E-state index contributed by atoms with van der Waals surface area (Å²) < 4.78 is 27.4. The first-order valence-corrected chi connectivity index (χ1v) is 10.9. The van der Waals surface area contributed by atoms with Gasteiger partial charge in [0.2, 0.25) is 0 Å². The Bertz CT molecular complexity index is 1170. The standard InChI is InChI=1S/C23H22N2O3S/c1-17-12-13-18(2)20(14-17)16-24-21-10-6-7-11-22(21)29(27,28)25(23(24)26)15-19-8-4-3-5-9-19/h3-14H,15-16H2,1-2H3. The summed E-state index contributed by atoms with van der Waals surface area (Å²) in [5, 5.41) is 0. The summed E-state index contributed by atoms with van der Waals surface area (Å²) in [7, 11) is -3.93. The Morgan fingerprint density at radius 3 is 2.28 bits per heavy atom. The number of benzene rings is 3. The lowest BCUT2D eigenvalue weighted by atomic mass is 10.0. The Morgan fingerprint density at radius 2 is 1.52 bits per heavy atom. The van der Waals surface area contributed by atoms with E-state index in [0.717, 1.165) is 26.6 Å². The van der Waals surface area contributed by atoms with Crippen molar-refractivity contribution in [1.82, 2.24) is 4.31 Å². The van der Waals surface area contributed by atoms with Crippen molar-refractivity contribution in [3.8, 4) is 0 Å². The molecule has 0 bridgehead atoms. The minimum Gasteiger partial charge on any atom is -0.288 e. The molecule has 1 aliphatic rings. The van der Waals surface area contributed by atoms with Crippen molar-refractivity contribution in [2.75, 3.05) is 4.90 Å². The van der Waals surface area contributed by atoms with Crippen LogP contribution < -0.4 is 4.90 Å². The third-order valence-corrected chi connectivity index (χ3v) is 6.94. The van der Waals surface area contributed by atoms with Crippen LogP contribution >= 0.6 is 0 Å². The van der Waals surface area contributed by atoms with Gasteiger partial charge in [0.15, 0.2) is 0 Å². The fourth-order valence-corrected chi connectivity index (χ4v) is 5.11. The number of para-hydroxylation sites is 1. The summed E-state index contributed by atoms with van der Waals surface area (Å²) in [6, 6.07) is 21.4. The summed E-state index contributed by atoms with van der Waals surface area (Å²) in [4.78, 5) is 15.1. The average Bonchev–Trinajstić information content (AvgIpc) is 2.72.